The van der Waals surface area contributed by atoms with E-state index in [4.69, 9.17) is 0 Å². The molecule has 10 nitrogen and oxygen atoms in total. The Morgan fingerprint density at radius 3 is 0.750 bits per heavy atom. The van der Waals surface area contributed by atoms with Gasteiger partial charge in [-0.1, -0.05) is 19.7 Å². The maximum Gasteiger partial charge on any atom is 0.452 e. The lowest BCUT2D eigenvalue weighted by molar-refractivity contribution is -0.614. The fourth-order valence-electron chi connectivity index (χ4n) is 3.41. The van der Waals surface area contributed by atoms with Gasteiger partial charge in [0, 0.05) is 25.2 Å². The number of halogens is 24. The second-order valence-corrected chi connectivity index (χ2v) is 10.8. The van der Waals surface area contributed by atoms with Crippen LogP contribution in [0.4, 0.5) is 105 Å². The Balaban J connectivity index is 9.35. The van der Waals surface area contributed by atoms with Gasteiger partial charge in [0.2, 0.25) is 0 Å². The average Bonchev–Trinajstić information content (AvgIpc) is 3.00. The zero-order valence-electron chi connectivity index (χ0n) is 28.1. The molecule has 0 radical (unpaired) electrons. The van der Waals surface area contributed by atoms with Gasteiger partial charge in [-0.05, 0) is 0 Å². The van der Waals surface area contributed by atoms with Gasteiger partial charge in [0.1, 0.15) is 0 Å². The Morgan fingerprint density at radius 1 is 0.383 bits per heavy atom. The van der Waals surface area contributed by atoms with Gasteiger partial charge in [0.05, 0.1) is 0 Å². The van der Waals surface area contributed by atoms with E-state index in [9.17, 15) is 71.5 Å². The molecular formula is C26H18F24O10. The molecule has 34 heteroatoms. The van der Waals surface area contributed by atoms with Crippen LogP contribution in [-0.2, 0) is 47.5 Å². The average molecular weight is 946 g/mol. The number of hydrogen-bond acceptors (Lipinski definition) is 10. The molecule has 0 fully saturated rings. The van der Waals surface area contributed by atoms with Gasteiger partial charge in [-0.2, -0.15) is 101 Å². The molecule has 0 saturated heterocycles. The summed E-state index contributed by atoms with van der Waals surface area (Å²) < 4.78 is 368. The summed E-state index contributed by atoms with van der Waals surface area (Å²) in [6.07, 6.45) is -69.0. The van der Waals surface area contributed by atoms with Gasteiger partial charge >= 0.3 is 95.9 Å². The summed E-state index contributed by atoms with van der Waals surface area (Å²) in [5.74, 6) is -36.6. The van der Waals surface area contributed by atoms with Crippen LogP contribution in [0, 0.1) is 5.41 Å². The number of esters is 3. The largest absolute Gasteiger partial charge is 0.456 e. The van der Waals surface area contributed by atoms with Crippen molar-refractivity contribution in [3.05, 3.63) is 38.0 Å². The minimum absolute atomic E-state index is 0.390. The van der Waals surface area contributed by atoms with E-state index < -0.39 is 141 Å². The summed E-state index contributed by atoms with van der Waals surface area (Å²) in [4.78, 5) is 33.5. The van der Waals surface area contributed by atoms with E-state index in [1.54, 1.807) is 0 Å². The molecule has 0 rings (SSSR count). The molecule has 0 aromatic rings. The highest BCUT2D eigenvalue weighted by atomic mass is 19.4. The topological polar surface area (TPSA) is 116 Å². The van der Waals surface area contributed by atoms with E-state index in [0.29, 0.717) is 0 Å². The van der Waals surface area contributed by atoms with Crippen molar-refractivity contribution < 1.29 is 153 Å². The summed E-state index contributed by atoms with van der Waals surface area (Å²) in [7, 11) is 0. The molecule has 0 aromatic carbocycles. The van der Waals surface area contributed by atoms with Crippen LogP contribution in [0.25, 0.3) is 0 Å². The third-order valence-electron chi connectivity index (χ3n) is 6.41. The summed E-state index contributed by atoms with van der Waals surface area (Å²) in [6.45, 7) is -6.15. The third-order valence-corrected chi connectivity index (χ3v) is 6.41. The van der Waals surface area contributed by atoms with Gasteiger partial charge in [-0.25, -0.2) is 18.8 Å². The Labute approximate surface area is 314 Å². The molecule has 0 aromatic heterocycles. The monoisotopic (exact) mass is 946 g/mol. The lowest BCUT2D eigenvalue weighted by Crippen LogP contribution is -2.79. The van der Waals surface area contributed by atoms with E-state index in [-0.39, 0.29) is 0 Å². The first kappa shape index (κ1) is 55.8. The molecule has 0 saturated carbocycles. The maximum atomic E-state index is 16.0. The molecule has 0 bridgehead atoms. The number of carbonyl (C=O) groups excluding carboxylic acids is 3. The summed E-state index contributed by atoms with van der Waals surface area (Å²) in [5.41, 5.74) is -9.72. The first-order chi connectivity index (χ1) is 26.2. The second kappa shape index (κ2) is 17.3. The summed E-state index contributed by atoms with van der Waals surface area (Å²) >= 11 is 0. The van der Waals surface area contributed by atoms with Crippen molar-refractivity contribution in [3.63, 3.8) is 0 Å². The molecule has 0 aliphatic rings. The predicted molar refractivity (Wildman–Crippen MR) is 135 cm³/mol. The molecule has 0 N–H and O–H groups in total. The highest BCUT2D eigenvalue weighted by Gasteiger charge is 2.98. The normalized spacial score (nSPS) is 18.9. The molecule has 60 heavy (non-hydrogen) atoms. The Morgan fingerprint density at radius 2 is 0.583 bits per heavy atom. The van der Waals surface area contributed by atoms with Crippen molar-refractivity contribution in [2.24, 2.45) is 5.41 Å². The van der Waals surface area contributed by atoms with Crippen LogP contribution in [0.1, 0.15) is 6.92 Å². The van der Waals surface area contributed by atoms with E-state index in [1.165, 1.54) is 0 Å². The number of ether oxygens (including phenoxy) is 7. The van der Waals surface area contributed by atoms with Crippen molar-refractivity contribution in [3.8, 4) is 0 Å². The first-order valence-corrected chi connectivity index (χ1v) is 13.9. The SMILES string of the molecule is C=CC(=O)OCC(F)(OC(F)(F)C(C(F)(F)OC(C)(F)C(F)(F)F)(C(F)(F)OC(F)(COC(=O)C=C)C(F)(F)F)C(F)(F)OC(F)(COC(=O)C=C)C(F)(F)F)C(F)(F)F. The number of rotatable bonds is 21. The van der Waals surface area contributed by atoms with Crippen LogP contribution < -0.4 is 0 Å². The number of alkyl halides is 24. The highest BCUT2D eigenvalue weighted by Crippen LogP contribution is 2.70. The molecule has 0 heterocycles. The molecule has 4 atom stereocenters. The van der Waals surface area contributed by atoms with Crippen molar-refractivity contribution in [1.82, 2.24) is 0 Å². The van der Waals surface area contributed by atoms with Crippen molar-refractivity contribution >= 4 is 17.9 Å². The van der Waals surface area contributed by atoms with Crippen LogP contribution in [0.2, 0.25) is 0 Å². The standard InChI is InChI=1S/C26H18F24O10/c1-5-11(51)54-8-15(28,20(34,35)36)58-24(45,46)18(23(43,44)57-14(4,27)19(31,32)33,25(47,48)59-16(29,21(37,38)39)9-55-12(52)6-2)26(49,50)60-17(30,22(40,41)42)10-56-13(53)7-3/h5-7H,1-3,8-10H2,4H3. The number of carbonyl (C=O) groups is 3. The van der Waals surface area contributed by atoms with Crippen LogP contribution >= 0.6 is 0 Å². The van der Waals surface area contributed by atoms with Gasteiger partial charge in [0.25, 0.3) is 0 Å². The quantitative estimate of drug-likeness (QED) is 0.0480. The van der Waals surface area contributed by atoms with E-state index >= 15 is 48.3 Å². The molecular weight excluding hydrogens is 928 g/mol. The van der Waals surface area contributed by atoms with Crippen molar-refractivity contribution in [1.29, 1.82) is 0 Å². The minimum atomic E-state index is -9.72. The van der Waals surface area contributed by atoms with Crippen molar-refractivity contribution in [2.75, 3.05) is 19.8 Å². The lowest BCUT2D eigenvalue weighted by atomic mass is 9.80. The lowest BCUT2D eigenvalue weighted by Gasteiger charge is -2.52. The van der Waals surface area contributed by atoms with Crippen LogP contribution in [0.3, 0.4) is 0 Å². The number of hydrogen-bond donors (Lipinski definition) is 0. The molecule has 0 spiro atoms. The molecule has 350 valence electrons. The predicted octanol–water partition coefficient (Wildman–Crippen LogP) is 8.53. The summed E-state index contributed by atoms with van der Waals surface area (Å²) in [5, 5.41) is 0. The Kier molecular flexibility index (Phi) is 16.1. The molecule has 0 amide bonds. The van der Waals surface area contributed by atoms with Crippen LogP contribution in [-0.4, -0.2) is 110 Å². The fraction of sp³-hybridized carbons (Fsp3) is 0.654. The van der Waals surface area contributed by atoms with Gasteiger partial charge in [-0.15, -0.1) is 0 Å². The third kappa shape index (κ3) is 11.2. The van der Waals surface area contributed by atoms with Crippen LogP contribution in [0.5, 0.6) is 0 Å². The second-order valence-electron chi connectivity index (χ2n) is 10.8. The fourth-order valence-corrected chi connectivity index (χ4v) is 3.41. The highest BCUT2D eigenvalue weighted by molar-refractivity contribution is 5.81. The minimum Gasteiger partial charge on any atom is -0.456 e. The molecule has 4 unspecified atom stereocenters. The molecule has 0 aliphatic heterocycles. The van der Waals surface area contributed by atoms with E-state index in [1.807, 2.05) is 18.9 Å². The van der Waals surface area contributed by atoms with E-state index in [2.05, 4.69) is 33.9 Å². The Hall–Kier alpha value is -4.21. The Bertz CT molecular complexity index is 1440. The first-order valence-electron chi connectivity index (χ1n) is 13.9. The van der Waals surface area contributed by atoms with Crippen molar-refractivity contribution in [2.45, 2.75) is 79.5 Å². The van der Waals surface area contributed by atoms with E-state index in [0.717, 1.165) is 0 Å². The zero-order valence-corrected chi connectivity index (χ0v) is 28.1. The zero-order chi connectivity index (χ0) is 48.4. The molecule has 0 aliphatic carbocycles. The maximum absolute atomic E-state index is 16.0. The van der Waals surface area contributed by atoms with Crippen LogP contribution in [0.15, 0.2) is 38.0 Å². The van der Waals surface area contributed by atoms with Gasteiger partial charge in [0.15, 0.2) is 19.8 Å². The summed E-state index contributed by atoms with van der Waals surface area (Å²) in [6, 6.07) is 0. The van der Waals surface area contributed by atoms with Gasteiger partial charge in [-0.3, -0.25) is 18.9 Å². The van der Waals surface area contributed by atoms with Gasteiger partial charge < -0.3 is 14.2 Å². The smallest absolute Gasteiger partial charge is 0.452 e.